The molecule has 0 aliphatic heterocycles. The molecule has 146 valence electrons. The lowest BCUT2D eigenvalue weighted by Crippen LogP contribution is -2.37. The summed E-state index contributed by atoms with van der Waals surface area (Å²) in [5, 5.41) is 1.73. The maximum absolute atomic E-state index is 12.8. The van der Waals surface area contributed by atoms with Crippen LogP contribution in [0.3, 0.4) is 0 Å². The standard InChI is InChI=1S/C18H20F2N2O4S/c1-11-10-27-18(24)21(11)9-16(23)22(13-4-5-13)8-12-3-6-14(26-17(19)20)15(7-12)25-2/h3,6-7,10,13,17H,4-5,8-9H2,1-2H3. The molecule has 0 bridgehead atoms. The summed E-state index contributed by atoms with van der Waals surface area (Å²) in [6, 6.07) is 4.76. The van der Waals surface area contributed by atoms with Gasteiger partial charge in [-0.1, -0.05) is 17.4 Å². The van der Waals surface area contributed by atoms with Crippen molar-refractivity contribution >= 4 is 17.2 Å². The highest BCUT2D eigenvalue weighted by Gasteiger charge is 2.33. The van der Waals surface area contributed by atoms with Crippen molar-refractivity contribution < 1.29 is 23.0 Å². The van der Waals surface area contributed by atoms with Gasteiger partial charge < -0.3 is 14.4 Å². The Bertz CT molecular complexity index is 876. The highest BCUT2D eigenvalue weighted by Crippen LogP contribution is 2.32. The van der Waals surface area contributed by atoms with E-state index in [4.69, 9.17) is 4.74 Å². The molecule has 0 N–H and O–H groups in total. The average Bonchev–Trinajstić information content (AvgIpc) is 3.42. The van der Waals surface area contributed by atoms with Crippen molar-refractivity contribution in [2.75, 3.05) is 7.11 Å². The maximum atomic E-state index is 12.8. The molecule has 27 heavy (non-hydrogen) atoms. The van der Waals surface area contributed by atoms with Crippen molar-refractivity contribution in [3.05, 3.63) is 44.5 Å². The molecule has 1 aromatic heterocycles. The summed E-state index contributed by atoms with van der Waals surface area (Å²) in [5.74, 6) is -0.0186. The van der Waals surface area contributed by atoms with E-state index in [2.05, 4.69) is 4.74 Å². The predicted octanol–water partition coefficient (Wildman–Crippen LogP) is 3.02. The molecule has 9 heteroatoms. The molecule has 1 aliphatic rings. The summed E-state index contributed by atoms with van der Waals surface area (Å²) in [6.07, 6.45) is 1.82. The molecule has 0 saturated heterocycles. The number of thiazole rings is 1. The molecule has 1 amide bonds. The molecular weight excluding hydrogens is 378 g/mol. The zero-order valence-electron chi connectivity index (χ0n) is 15.0. The van der Waals surface area contributed by atoms with E-state index in [1.807, 2.05) is 0 Å². The number of halogens is 2. The van der Waals surface area contributed by atoms with E-state index >= 15 is 0 Å². The van der Waals surface area contributed by atoms with Gasteiger partial charge in [0.15, 0.2) is 11.5 Å². The number of amides is 1. The fraction of sp³-hybridized carbons (Fsp3) is 0.444. The van der Waals surface area contributed by atoms with E-state index in [0.29, 0.717) is 6.54 Å². The van der Waals surface area contributed by atoms with Crippen LogP contribution in [0.15, 0.2) is 28.4 Å². The van der Waals surface area contributed by atoms with Gasteiger partial charge in [0.2, 0.25) is 5.91 Å². The number of methoxy groups -OCH3 is 1. The number of carbonyl (C=O) groups is 1. The van der Waals surface area contributed by atoms with Crippen molar-refractivity contribution in [3.63, 3.8) is 0 Å². The highest BCUT2D eigenvalue weighted by atomic mass is 32.1. The summed E-state index contributed by atoms with van der Waals surface area (Å²) >= 11 is 1.07. The van der Waals surface area contributed by atoms with Gasteiger partial charge in [-0.15, -0.1) is 0 Å². The first-order valence-electron chi connectivity index (χ1n) is 8.45. The van der Waals surface area contributed by atoms with Crippen LogP contribution in [-0.4, -0.2) is 35.1 Å². The van der Waals surface area contributed by atoms with E-state index in [9.17, 15) is 18.4 Å². The summed E-state index contributed by atoms with van der Waals surface area (Å²) in [5.41, 5.74) is 1.49. The van der Waals surface area contributed by atoms with E-state index in [-0.39, 0.29) is 34.9 Å². The Labute approximate surface area is 158 Å². The van der Waals surface area contributed by atoms with Gasteiger partial charge in [-0.3, -0.25) is 14.2 Å². The fourth-order valence-electron chi connectivity index (χ4n) is 2.83. The summed E-state index contributed by atoms with van der Waals surface area (Å²) in [6.45, 7) is -0.846. The number of hydrogen-bond donors (Lipinski definition) is 0. The Hall–Kier alpha value is -2.42. The smallest absolute Gasteiger partial charge is 0.387 e. The van der Waals surface area contributed by atoms with Crippen LogP contribution in [0.2, 0.25) is 0 Å². The zero-order valence-corrected chi connectivity index (χ0v) is 15.8. The van der Waals surface area contributed by atoms with Crippen molar-refractivity contribution in [1.82, 2.24) is 9.47 Å². The SMILES string of the molecule is COc1cc(CN(C(=O)Cn2c(C)csc2=O)C2CC2)ccc1OC(F)F. The number of aryl methyl sites for hydroxylation is 1. The van der Waals surface area contributed by atoms with Crippen LogP contribution in [0, 0.1) is 6.92 Å². The molecule has 1 heterocycles. The highest BCUT2D eigenvalue weighted by molar-refractivity contribution is 7.07. The zero-order chi connectivity index (χ0) is 19.6. The van der Waals surface area contributed by atoms with Crippen LogP contribution in [0.1, 0.15) is 24.1 Å². The second-order valence-electron chi connectivity index (χ2n) is 6.35. The minimum atomic E-state index is -2.94. The molecule has 1 aliphatic carbocycles. The van der Waals surface area contributed by atoms with Gasteiger partial charge in [-0.05, 0) is 37.5 Å². The van der Waals surface area contributed by atoms with Crippen LogP contribution >= 0.6 is 11.3 Å². The molecule has 6 nitrogen and oxygen atoms in total. The van der Waals surface area contributed by atoms with Crippen LogP contribution in [0.4, 0.5) is 8.78 Å². The Morgan fingerprint density at radius 3 is 2.67 bits per heavy atom. The molecule has 2 aromatic rings. The molecule has 1 aromatic carbocycles. The molecular formula is C18H20F2N2O4S. The van der Waals surface area contributed by atoms with Crippen LogP contribution in [-0.2, 0) is 17.9 Å². The van der Waals surface area contributed by atoms with E-state index in [0.717, 1.165) is 35.4 Å². The molecule has 1 fully saturated rings. The quantitative estimate of drug-likeness (QED) is 0.686. The monoisotopic (exact) mass is 398 g/mol. The Kier molecular flexibility index (Phi) is 5.79. The number of carbonyl (C=O) groups excluding carboxylic acids is 1. The molecule has 3 rings (SSSR count). The van der Waals surface area contributed by atoms with E-state index in [1.165, 1.54) is 17.7 Å². The topological polar surface area (TPSA) is 60.8 Å². The van der Waals surface area contributed by atoms with Crippen LogP contribution in [0.25, 0.3) is 0 Å². The third-order valence-corrected chi connectivity index (χ3v) is 5.26. The lowest BCUT2D eigenvalue weighted by atomic mass is 10.2. The van der Waals surface area contributed by atoms with E-state index in [1.54, 1.807) is 29.3 Å². The lowest BCUT2D eigenvalue weighted by molar-refractivity contribution is -0.133. The van der Waals surface area contributed by atoms with Crippen LogP contribution in [0.5, 0.6) is 11.5 Å². The number of ether oxygens (including phenoxy) is 2. The van der Waals surface area contributed by atoms with Crippen molar-refractivity contribution in [2.45, 2.75) is 45.5 Å². The molecule has 0 radical (unpaired) electrons. The normalized spacial score (nSPS) is 13.7. The Morgan fingerprint density at radius 1 is 1.37 bits per heavy atom. The van der Waals surface area contributed by atoms with Gasteiger partial charge in [0.25, 0.3) is 0 Å². The Balaban J connectivity index is 1.76. The molecule has 1 saturated carbocycles. The first-order chi connectivity index (χ1) is 12.9. The third-order valence-electron chi connectivity index (χ3n) is 4.37. The van der Waals surface area contributed by atoms with Crippen molar-refractivity contribution in [3.8, 4) is 11.5 Å². The van der Waals surface area contributed by atoms with Gasteiger partial charge in [0.1, 0.15) is 6.54 Å². The second-order valence-corrected chi connectivity index (χ2v) is 7.17. The second kappa shape index (κ2) is 8.08. The summed E-state index contributed by atoms with van der Waals surface area (Å²) < 4.78 is 35.9. The first kappa shape index (κ1) is 19.3. The fourth-order valence-corrected chi connectivity index (χ4v) is 3.56. The predicted molar refractivity (Wildman–Crippen MR) is 96.5 cm³/mol. The van der Waals surface area contributed by atoms with Crippen LogP contribution < -0.4 is 14.3 Å². The first-order valence-corrected chi connectivity index (χ1v) is 9.33. The number of rotatable bonds is 8. The number of nitrogens with zero attached hydrogens (tertiary/aromatic N) is 2. The van der Waals surface area contributed by atoms with Gasteiger partial charge in [-0.2, -0.15) is 8.78 Å². The summed E-state index contributed by atoms with van der Waals surface area (Å²) in [7, 11) is 1.37. The Morgan fingerprint density at radius 2 is 2.11 bits per heavy atom. The van der Waals surface area contributed by atoms with Gasteiger partial charge in [0.05, 0.1) is 7.11 Å². The van der Waals surface area contributed by atoms with Crippen molar-refractivity contribution in [1.29, 1.82) is 0 Å². The summed E-state index contributed by atoms with van der Waals surface area (Å²) in [4.78, 5) is 26.2. The van der Waals surface area contributed by atoms with E-state index < -0.39 is 6.61 Å². The number of hydrogen-bond acceptors (Lipinski definition) is 5. The minimum absolute atomic E-state index is 0.00558. The number of alkyl halides is 2. The lowest BCUT2D eigenvalue weighted by Gasteiger charge is -2.23. The van der Waals surface area contributed by atoms with Gasteiger partial charge in [-0.25, -0.2) is 0 Å². The maximum Gasteiger partial charge on any atom is 0.387 e. The van der Waals surface area contributed by atoms with Gasteiger partial charge >= 0.3 is 11.5 Å². The minimum Gasteiger partial charge on any atom is -0.493 e. The molecule has 0 spiro atoms. The average molecular weight is 398 g/mol. The largest absolute Gasteiger partial charge is 0.493 e. The third kappa shape index (κ3) is 4.65. The molecule has 0 unspecified atom stereocenters. The number of benzene rings is 1. The number of aromatic nitrogens is 1. The van der Waals surface area contributed by atoms with Crippen molar-refractivity contribution in [2.24, 2.45) is 0 Å². The molecule has 0 atom stereocenters. The van der Waals surface area contributed by atoms with Gasteiger partial charge in [0, 0.05) is 23.7 Å².